The third-order valence-corrected chi connectivity index (χ3v) is 4.45. The first kappa shape index (κ1) is 14.3. The molecule has 0 saturated heterocycles. The predicted molar refractivity (Wildman–Crippen MR) is 82.4 cm³/mol. The zero-order valence-corrected chi connectivity index (χ0v) is 13.1. The second-order valence-corrected chi connectivity index (χ2v) is 5.79. The fourth-order valence-corrected chi connectivity index (χ4v) is 3.18. The van der Waals surface area contributed by atoms with Crippen LogP contribution in [0.1, 0.15) is 35.3 Å². The van der Waals surface area contributed by atoms with E-state index in [0.717, 1.165) is 34.7 Å². The van der Waals surface area contributed by atoms with Crippen LogP contribution in [-0.4, -0.2) is 16.5 Å². The standard InChI is InChI=1S/C16H17ClFN3/c1-9-10(2)19-16(17)20-15(9)21-8-7-13-12(11(21)3)5-4-6-14(13)18/h4-6,11H,7-8H2,1-3H3. The molecule has 1 aromatic heterocycles. The van der Waals surface area contributed by atoms with Gasteiger partial charge < -0.3 is 4.90 Å². The summed E-state index contributed by atoms with van der Waals surface area (Å²) in [5, 5.41) is 0.255. The molecule has 5 heteroatoms. The molecule has 3 rings (SSSR count). The SMILES string of the molecule is Cc1nc(Cl)nc(N2CCc3c(F)cccc3C2C)c1C. The Morgan fingerprint density at radius 2 is 2.05 bits per heavy atom. The molecule has 1 aliphatic rings. The average Bonchev–Trinajstić information content (AvgIpc) is 2.44. The lowest BCUT2D eigenvalue weighted by Crippen LogP contribution is -2.35. The van der Waals surface area contributed by atoms with Gasteiger partial charge in [-0.1, -0.05) is 12.1 Å². The van der Waals surface area contributed by atoms with Crippen molar-refractivity contribution in [1.82, 2.24) is 9.97 Å². The van der Waals surface area contributed by atoms with E-state index in [1.165, 1.54) is 6.07 Å². The van der Waals surface area contributed by atoms with Gasteiger partial charge in [0.2, 0.25) is 5.28 Å². The number of aryl methyl sites for hydroxylation is 1. The van der Waals surface area contributed by atoms with Gasteiger partial charge in [0.25, 0.3) is 0 Å². The Hall–Kier alpha value is -1.68. The summed E-state index contributed by atoms with van der Waals surface area (Å²) in [6, 6.07) is 5.34. The first-order chi connectivity index (χ1) is 9.99. The number of hydrogen-bond donors (Lipinski definition) is 0. The van der Waals surface area contributed by atoms with Crippen LogP contribution in [0.5, 0.6) is 0 Å². The Balaban J connectivity index is 2.07. The summed E-state index contributed by atoms with van der Waals surface area (Å²) in [7, 11) is 0. The van der Waals surface area contributed by atoms with Crippen molar-refractivity contribution in [3.63, 3.8) is 0 Å². The van der Waals surface area contributed by atoms with Crippen molar-refractivity contribution in [3.8, 4) is 0 Å². The highest BCUT2D eigenvalue weighted by atomic mass is 35.5. The lowest BCUT2D eigenvalue weighted by molar-refractivity contribution is 0.559. The van der Waals surface area contributed by atoms with E-state index in [9.17, 15) is 4.39 Å². The molecular weight excluding hydrogens is 289 g/mol. The van der Waals surface area contributed by atoms with Crippen molar-refractivity contribution in [2.75, 3.05) is 11.4 Å². The first-order valence-electron chi connectivity index (χ1n) is 7.03. The highest BCUT2D eigenvalue weighted by molar-refractivity contribution is 6.28. The van der Waals surface area contributed by atoms with Crippen LogP contribution in [0.2, 0.25) is 5.28 Å². The van der Waals surface area contributed by atoms with E-state index in [2.05, 4.69) is 21.8 Å². The summed E-state index contributed by atoms with van der Waals surface area (Å²) in [4.78, 5) is 10.7. The first-order valence-corrected chi connectivity index (χ1v) is 7.41. The Kier molecular flexibility index (Phi) is 3.57. The van der Waals surface area contributed by atoms with Crippen molar-refractivity contribution in [3.05, 3.63) is 51.7 Å². The monoisotopic (exact) mass is 305 g/mol. The van der Waals surface area contributed by atoms with Crippen LogP contribution in [0.4, 0.5) is 10.2 Å². The lowest BCUT2D eigenvalue weighted by atomic mass is 9.93. The normalized spacial score (nSPS) is 17.8. The molecule has 0 bridgehead atoms. The van der Waals surface area contributed by atoms with Gasteiger partial charge in [-0.25, -0.2) is 14.4 Å². The number of hydrogen-bond acceptors (Lipinski definition) is 3. The quantitative estimate of drug-likeness (QED) is 0.745. The summed E-state index contributed by atoms with van der Waals surface area (Å²) in [5.41, 5.74) is 3.73. The van der Waals surface area contributed by atoms with E-state index in [-0.39, 0.29) is 17.1 Å². The number of anilines is 1. The Bertz CT molecular complexity index is 702. The van der Waals surface area contributed by atoms with Crippen LogP contribution in [0, 0.1) is 19.7 Å². The Labute approximate surface area is 128 Å². The molecular formula is C16H17ClFN3. The summed E-state index contributed by atoms with van der Waals surface area (Å²) >= 11 is 6.01. The molecule has 1 unspecified atom stereocenters. The minimum Gasteiger partial charge on any atom is -0.349 e. The average molecular weight is 306 g/mol. The van der Waals surface area contributed by atoms with Crippen molar-refractivity contribution >= 4 is 17.4 Å². The van der Waals surface area contributed by atoms with E-state index in [0.29, 0.717) is 6.42 Å². The van der Waals surface area contributed by atoms with Gasteiger partial charge in [-0.15, -0.1) is 0 Å². The minimum absolute atomic E-state index is 0.0634. The van der Waals surface area contributed by atoms with E-state index in [1.807, 2.05) is 19.9 Å². The molecule has 1 aromatic carbocycles. The smallest absolute Gasteiger partial charge is 0.224 e. The number of fused-ring (bicyclic) bond motifs is 1. The fourth-order valence-electron chi connectivity index (χ4n) is 2.97. The molecule has 0 saturated carbocycles. The van der Waals surface area contributed by atoms with Crippen molar-refractivity contribution < 1.29 is 4.39 Å². The molecule has 110 valence electrons. The lowest BCUT2D eigenvalue weighted by Gasteiger charge is -2.37. The molecule has 0 aliphatic carbocycles. The van der Waals surface area contributed by atoms with Crippen LogP contribution < -0.4 is 4.90 Å². The summed E-state index contributed by atoms with van der Waals surface area (Å²) < 4.78 is 13.9. The Morgan fingerprint density at radius 1 is 1.29 bits per heavy atom. The van der Waals surface area contributed by atoms with Crippen molar-refractivity contribution in [2.45, 2.75) is 33.2 Å². The van der Waals surface area contributed by atoms with E-state index in [1.54, 1.807) is 6.07 Å². The zero-order valence-electron chi connectivity index (χ0n) is 12.3. The third kappa shape index (κ3) is 2.38. The fraction of sp³-hybridized carbons (Fsp3) is 0.375. The van der Waals surface area contributed by atoms with Gasteiger partial charge in [-0.3, -0.25) is 0 Å². The number of nitrogens with zero attached hydrogens (tertiary/aromatic N) is 3. The molecule has 1 aliphatic heterocycles. The third-order valence-electron chi connectivity index (χ3n) is 4.28. The molecule has 0 amide bonds. The zero-order chi connectivity index (χ0) is 15.1. The van der Waals surface area contributed by atoms with Crippen LogP contribution in [0.25, 0.3) is 0 Å². The van der Waals surface area contributed by atoms with Gasteiger partial charge >= 0.3 is 0 Å². The molecule has 2 heterocycles. The molecule has 0 spiro atoms. The van der Waals surface area contributed by atoms with Crippen molar-refractivity contribution in [1.29, 1.82) is 0 Å². The van der Waals surface area contributed by atoms with Gasteiger partial charge in [0, 0.05) is 17.8 Å². The Morgan fingerprint density at radius 3 is 2.81 bits per heavy atom. The highest BCUT2D eigenvalue weighted by Gasteiger charge is 2.28. The van der Waals surface area contributed by atoms with Crippen molar-refractivity contribution in [2.24, 2.45) is 0 Å². The number of aromatic nitrogens is 2. The summed E-state index contributed by atoms with van der Waals surface area (Å²) in [5.74, 6) is 0.725. The highest BCUT2D eigenvalue weighted by Crippen LogP contribution is 2.35. The van der Waals surface area contributed by atoms with E-state index in [4.69, 9.17) is 11.6 Å². The molecule has 2 aromatic rings. The molecule has 21 heavy (non-hydrogen) atoms. The second kappa shape index (κ2) is 5.26. The maximum Gasteiger partial charge on any atom is 0.224 e. The number of rotatable bonds is 1. The predicted octanol–water partition coefficient (Wildman–Crippen LogP) is 4.01. The molecule has 0 N–H and O–H groups in total. The van der Waals surface area contributed by atoms with E-state index >= 15 is 0 Å². The van der Waals surface area contributed by atoms with Crippen LogP contribution >= 0.6 is 11.6 Å². The van der Waals surface area contributed by atoms with Crippen LogP contribution in [-0.2, 0) is 6.42 Å². The molecule has 0 fully saturated rings. The van der Waals surface area contributed by atoms with Gasteiger partial charge in [0.05, 0.1) is 6.04 Å². The maximum absolute atomic E-state index is 13.9. The number of benzene rings is 1. The second-order valence-electron chi connectivity index (χ2n) is 5.45. The van der Waals surface area contributed by atoms with Gasteiger partial charge in [0.15, 0.2) is 0 Å². The molecule has 1 atom stereocenters. The van der Waals surface area contributed by atoms with Gasteiger partial charge in [0.1, 0.15) is 11.6 Å². The van der Waals surface area contributed by atoms with Gasteiger partial charge in [-0.2, -0.15) is 0 Å². The van der Waals surface area contributed by atoms with E-state index < -0.39 is 0 Å². The summed E-state index contributed by atoms with van der Waals surface area (Å²) in [6.45, 7) is 6.72. The molecule has 3 nitrogen and oxygen atoms in total. The molecule has 0 radical (unpaired) electrons. The number of halogens is 2. The summed E-state index contributed by atoms with van der Waals surface area (Å²) in [6.07, 6.45) is 0.673. The van der Waals surface area contributed by atoms with Crippen LogP contribution in [0.3, 0.4) is 0 Å². The minimum atomic E-state index is -0.118. The van der Waals surface area contributed by atoms with Gasteiger partial charge in [-0.05, 0) is 56.0 Å². The largest absolute Gasteiger partial charge is 0.349 e. The van der Waals surface area contributed by atoms with Crippen LogP contribution in [0.15, 0.2) is 18.2 Å². The maximum atomic E-state index is 13.9. The topological polar surface area (TPSA) is 29.0 Å².